The maximum absolute atomic E-state index is 11.6. The number of aliphatic carboxylic acids is 1. The molecule has 92 valence electrons. The topological polar surface area (TPSA) is 107 Å². The Hall–Kier alpha value is -2.08. The first-order valence-electron chi connectivity index (χ1n) is 4.90. The van der Waals surface area contributed by atoms with Gasteiger partial charge in [0.05, 0.1) is 6.54 Å². The lowest BCUT2D eigenvalue weighted by Crippen LogP contribution is -2.36. The molecular weight excluding hydrogens is 226 g/mol. The van der Waals surface area contributed by atoms with E-state index < -0.39 is 18.0 Å². The Labute approximate surface area is 97.5 Å². The van der Waals surface area contributed by atoms with E-state index in [4.69, 9.17) is 15.3 Å². The van der Waals surface area contributed by atoms with Crippen LogP contribution in [0.1, 0.15) is 15.9 Å². The molecule has 1 aromatic rings. The fourth-order valence-corrected chi connectivity index (χ4v) is 1.27. The molecule has 0 aromatic heterocycles. The number of aliphatic hydroxyl groups excluding tert-OH is 1. The second kappa shape index (κ2) is 5.31. The second-order valence-electron chi connectivity index (χ2n) is 3.56. The van der Waals surface area contributed by atoms with E-state index in [1.54, 1.807) is 6.92 Å². The second-order valence-corrected chi connectivity index (χ2v) is 3.56. The van der Waals surface area contributed by atoms with Crippen molar-refractivity contribution < 1.29 is 24.9 Å². The summed E-state index contributed by atoms with van der Waals surface area (Å²) in [5.41, 5.74) is 0.882. The van der Waals surface area contributed by atoms with Crippen molar-refractivity contribution in [3.8, 4) is 5.75 Å². The van der Waals surface area contributed by atoms with Crippen LogP contribution in [-0.2, 0) is 4.79 Å². The van der Waals surface area contributed by atoms with Crippen molar-refractivity contribution in [1.29, 1.82) is 0 Å². The molecule has 0 aliphatic carbocycles. The summed E-state index contributed by atoms with van der Waals surface area (Å²) >= 11 is 0. The zero-order chi connectivity index (χ0) is 13.0. The van der Waals surface area contributed by atoms with E-state index in [9.17, 15) is 9.59 Å². The average Bonchev–Trinajstić information content (AvgIpc) is 2.25. The predicted molar refractivity (Wildman–Crippen MR) is 58.8 cm³/mol. The molecule has 1 rings (SSSR count). The number of nitrogens with one attached hydrogen (secondary N) is 1. The molecule has 17 heavy (non-hydrogen) atoms. The maximum Gasteiger partial charge on any atom is 0.334 e. The summed E-state index contributed by atoms with van der Waals surface area (Å²) in [5.74, 6) is -1.85. The first-order chi connectivity index (χ1) is 7.91. The lowest BCUT2D eigenvalue weighted by molar-refractivity contribution is -0.146. The van der Waals surface area contributed by atoms with E-state index >= 15 is 0 Å². The maximum atomic E-state index is 11.6. The van der Waals surface area contributed by atoms with Crippen molar-refractivity contribution in [1.82, 2.24) is 5.32 Å². The molecule has 0 aliphatic rings. The summed E-state index contributed by atoms with van der Waals surface area (Å²) in [4.78, 5) is 21.9. The fraction of sp³-hybridized carbons (Fsp3) is 0.273. The molecule has 1 atom stereocenters. The summed E-state index contributed by atoms with van der Waals surface area (Å²) < 4.78 is 0. The molecule has 1 unspecified atom stereocenters. The quantitative estimate of drug-likeness (QED) is 0.585. The molecular formula is C11H13NO5. The molecule has 0 saturated carbocycles. The van der Waals surface area contributed by atoms with Gasteiger partial charge in [-0.15, -0.1) is 0 Å². The Balaban J connectivity index is 2.67. The minimum absolute atomic E-state index is 0.0459. The third-order valence-electron chi connectivity index (χ3n) is 2.20. The van der Waals surface area contributed by atoms with Crippen LogP contribution < -0.4 is 5.32 Å². The summed E-state index contributed by atoms with van der Waals surface area (Å²) in [6.07, 6.45) is -1.63. The van der Waals surface area contributed by atoms with Gasteiger partial charge >= 0.3 is 5.97 Å². The molecule has 6 nitrogen and oxygen atoms in total. The van der Waals surface area contributed by atoms with Crippen LogP contribution in [0.5, 0.6) is 5.75 Å². The predicted octanol–water partition coefficient (Wildman–Crippen LogP) is -0.124. The largest absolute Gasteiger partial charge is 0.508 e. The van der Waals surface area contributed by atoms with Crippen molar-refractivity contribution in [3.63, 3.8) is 0 Å². The molecule has 0 bridgehead atoms. The lowest BCUT2D eigenvalue weighted by Gasteiger charge is -2.09. The number of benzene rings is 1. The summed E-state index contributed by atoms with van der Waals surface area (Å²) in [5, 5.41) is 28.9. The van der Waals surface area contributed by atoms with Crippen molar-refractivity contribution in [2.45, 2.75) is 13.0 Å². The number of carboxylic acids is 1. The highest BCUT2D eigenvalue weighted by Gasteiger charge is 2.15. The van der Waals surface area contributed by atoms with Gasteiger partial charge in [0.25, 0.3) is 5.91 Å². The molecule has 0 fully saturated rings. The van der Waals surface area contributed by atoms with Gasteiger partial charge in [-0.2, -0.15) is 0 Å². The number of amides is 1. The summed E-state index contributed by atoms with van der Waals surface area (Å²) in [6.45, 7) is 1.27. The number of aryl methyl sites for hydroxylation is 1. The van der Waals surface area contributed by atoms with Gasteiger partial charge in [-0.3, -0.25) is 4.79 Å². The number of carbonyl (C=O) groups excluding carboxylic acids is 1. The smallest absolute Gasteiger partial charge is 0.334 e. The molecule has 6 heteroatoms. The van der Waals surface area contributed by atoms with Gasteiger partial charge in [0, 0.05) is 5.56 Å². The molecule has 0 saturated heterocycles. The molecule has 0 radical (unpaired) electrons. The first kappa shape index (κ1) is 13.0. The average molecular weight is 239 g/mol. The van der Waals surface area contributed by atoms with Crippen molar-refractivity contribution in [2.75, 3.05) is 6.54 Å². The standard InChI is InChI=1S/C11H13NO5/c1-6-4-7(13)2-3-8(6)10(15)12-5-9(14)11(16)17/h2-4,9,13-14H,5H2,1H3,(H,12,15)(H,16,17). The van der Waals surface area contributed by atoms with Crippen LogP contribution in [0.4, 0.5) is 0 Å². The number of phenolic OH excluding ortho intramolecular Hbond substituents is 1. The number of hydrogen-bond acceptors (Lipinski definition) is 4. The van der Waals surface area contributed by atoms with Gasteiger partial charge in [0.15, 0.2) is 6.10 Å². The fourth-order valence-electron chi connectivity index (χ4n) is 1.27. The Morgan fingerprint density at radius 2 is 2.06 bits per heavy atom. The van der Waals surface area contributed by atoms with Gasteiger partial charge in [-0.05, 0) is 30.7 Å². The highest BCUT2D eigenvalue weighted by atomic mass is 16.4. The Kier molecular flexibility index (Phi) is 4.06. The van der Waals surface area contributed by atoms with E-state index in [0.717, 1.165) is 0 Å². The Morgan fingerprint density at radius 3 is 2.59 bits per heavy atom. The van der Waals surface area contributed by atoms with Gasteiger partial charge in [-0.25, -0.2) is 4.79 Å². The van der Waals surface area contributed by atoms with E-state index in [2.05, 4.69) is 5.32 Å². The summed E-state index contributed by atoms with van der Waals surface area (Å²) in [6, 6.07) is 4.20. The zero-order valence-corrected chi connectivity index (χ0v) is 9.17. The zero-order valence-electron chi connectivity index (χ0n) is 9.17. The monoisotopic (exact) mass is 239 g/mol. The Morgan fingerprint density at radius 1 is 1.41 bits per heavy atom. The van der Waals surface area contributed by atoms with Gasteiger partial charge in [0.1, 0.15) is 5.75 Å². The number of hydrogen-bond donors (Lipinski definition) is 4. The third-order valence-corrected chi connectivity index (χ3v) is 2.20. The SMILES string of the molecule is Cc1cc(O)ccc1C(=O)NCC(O)C(=O)O. The van der Waals surface area contributed by atoms with Crippen molar-refractivity contribution >= 4 is 11.9 Å². The van der Waals surface area contributed by atoms with Gasteiger partial charge in [0.2, 0.25) is 0 Å². The van der Waals surface area contributed by atoms with E-state index in [1.807, 2.05) is 0 Å². The van der Waals surface area contributed by atoms with Crippen LogP contribution >= 0.6 is 0 Å². The van der Waals surface area contributed by atoms with Crippen molar-refractivity contribution in [2.24, 2.45) is 0 Å². The summed E-state index contributed by atoms with van der Waals surface area (Å²) in [7, 11) is 0. The number of carboxylic acid groups (broad SMARTS) is 1. The third kappa shape index (κ3) is 3.46. The molecule has 0 spiro atoms. The van der Waals surface area contributed by atoms with Crippen LogP contribution in [0, 0.1) is 6.92 Å². The van der Waals surface area contributed by atoms with Gasteiger partial charge < -0.3 is 20.6 Å². The molecule has 1 aromatic carbocycles. The minimum Gasteiger partial charge on any atom is -0.508 e. The number of aliphatic hydroxyl groups is 1. The molecule has 1 amide bonds. The number of carbonyl (C=O) groups is 2. The normalized spacial score (nSPS) is 11.9. The van der Waals surface area contributed by atoms with Gasteiger partial charge in [-0.1, -0.05) is 0 Å². The molecule has 0 aliphatic heterocycles. The number of rotatable bonds is 4. The van der Waals surface area contributed by atoms with Crippen LogP contribution in [0.2, 0.25) is 0 Å². The molecule has 4 N–H and O–H groups in total. The van der Waals surface area contributed by atoms with Crippen LogP contribution in [0.15, 0.2) is 18.2 Å². The Bertz CT molecular complexity index is 443. The lowest BCUT2D eigenvalue weighted by atomic mass is 10.1. The van der Waals surface area contributed by atoms with Crippen LogP contribution in [0.3, 0.4) is 0 Å². The van der Waals surface area contributed by atoms with E-state index in [-0.39, 0.29) is 12.3 Å². The van der Waals surface area contributed by atoms with Crippen LogP contribution in [-0.4, -0.2) is 39.8 Å². The van der Waals surface area contributed by atoms with E-state index in [0.29, 0.717) is 11.1 Å². The first-order valence-corrected chi connectivity index (χ1v) is 4.90. The highest BCUT2D eigenvalue weighted by Crippen LogP contribution is 2.15. The van der Waals surface area contributed by atoms with E-state index in [1.165, 1.54) is 18.2 Å². The number of aromatic hydroxyl groups is 1. The number of phenols is 1. The highest BCUT2D eigenvalue weighted by molar-refractivity contribution is 5.96. The minimum atomic E-state index is -1.63. The molecule has 0 heterocycles. The van der Waals surface area contributed by atoms with Crippen molar-refractivity contribution in [3.05, 3.63) is 29.3 Å². The van der Waals surface area contributed by atoms with Crippen LogP contribution in [0.25, 0.3) is 0 Å².